The number of hydrogen-bond acceptors (Lipinski definition) is 4. The van der Waals surface area contributed by atoms with Gasteiger partial charge in [-0.25, -0.2) is 0 Å². The largest absolute Gasteiger partial charge is 0.494 e. The number of hydrogen-bond donors (Lipinski definition) is 1. The number of carbonyl (C=O) groups is 1. The maximum atomic E-state index is 12.5. The molecule has 162 valence electrons. The summed E-state index contributed by atoms with van der Waals surface area (Å²) in [6, 6.07) is 17.8. The normalized spacial score (nSPS) is 15.2. The fourth-order valence-corrected chi connectivity index (χ4v) is 3.99. The van der Waals surface area contributed by atoms with Crippen molar-refractivity contribution in [2.75, 3.05) is 13.2 Å². The van der Waals surface area contributed by atoms with E-state index in [1.165, 1.54) is 11.3 Å². The van der Waals surface area contributed by atoms with Crippen LogP contribution in [0, 0.1) is 0 Å². The SMILES string of the molecule is CCOc1ccc(OCCC(=O)N[C@@H]2CCCc3c2cnn3Cc2ccccc2)cc1. The van der Waals surface area contributed by atoms with Crippen LogP contribution in [0.4, 0.5) is 0 Å². The lowest BCUT2D eigenvalue weighted by Gasteiger charge is -2.24. The second kappa shape index (κ2) is 10.2. The van der Waals surface area contributed by atoms with E-state index in [2.05, 4.69) is 27.2 Å². The van der Waals surface area contributed by atoms with Gasteiger partial charge in [0.05, 0.1) is 38.4 Å². The summed E-state index contributed by atoms with van der Waals surface area (Å²) in [5, 5.41) is 7.78. The monoisotopic (exact) mass is 419 g/mol. The molecule has 1 aromatic heterocycles. The molecule has 3 aromatic rings. The highest BCUT2D eigenvalue weighted by atomic mass is 16.5. The zero-order chi connectivity index (χ0) is 21.5. The van der Waals surface area contributed by atoms with Gasteiger partial charge in [-0.15, -0.1) is 0 Å². The number of nitrogens with zero attached hydrogens (tertiary/aromatic N) is 2. The van der Waals surface area contributed by atoms with Gasteiger partial charge in [0.1, 0.15) is 11.5 Å². The summed E-state index contributed by atoms with van der Waals surface area (Å²) in [6.07, 6.45) is 5.21. The summed E-state index contributed by atoms with van der Waals surface area (Å²) in [5.41, 5.74) is 3.60. The van der Waals surface area contributed by atoms with Crippen molar-refractivity contribution in [2.24, 2.45) is 0 Å². The molecule has 31 heavy (non-hydrogen) atoms. The molecule has 6 heteroatoms. The van der Waals surface area contributed by atoms with Crippen LogP contribution in [0.3, 0.4) is 0 Å². The Morgan fingerprint density at radius 2 is 1.84 bits per heavy atom. The Balaban J connectivity index is 1.29. The second-order valence-corrected chi connectivity index (χ2v) is 7.71. The highest BCUT2D eigenvalue weighted by Crippen LogP contribution is 2.30. The first kappa shape index (κ1) is 21.0. The highest BCUT2D eigenvalue weighted by molar-refractivity contribution is 5.76. The van der Waals surface area contributed by atoms with Gasteiger partial charge in [-0.1, -0.05) is 30.3 Å². The summed E-state index contributed by atoms with van der Waals surface area (Å²) in [4.78, 5) is 12.5. The van der Waals surface area contributed by atoms with Gasteiger partial charge in [-0.05, 0) is 56.0 Å². The van der Waals surface area contributed by atoms with Crippen molar-refractivity contribution in [1.29, 1.82) is 0 Å². The fraction of sp³-hybridized carbons (Fsp3) is 0.360. The van der Waals surface area contributed by atoms with E-state index in [-0.39, 0.29) is 11.9 Å². The van der Waals surface area contributed by atoms with Gasteiger partial charge in [0.2, 0.25) is 5.91 Å². The number of nitrogens with one attached hydrogen (secondary N) is 1. The molecule has 4 rings (SSSR count). The van der Waals surface area contributed by atoms with Crippen molar-refractivity contribution in [3.63, 3.8) is 0 Å². The fourth-order valence-electron chi connectivity index (χ4n) is 3.99. The molecule has 0 saturated carbocycles. The summed E-state index contributed by atoms with van der Waals surface area (Å²) >= 11 is 0. The van der Waals surface area contributed by atoms with Gasteiger partial charge >= 0.3 is 0 Å². The number of ether oxygens (including phenoxy) is 2. The Bertz CT molecular complexity index is 983. The van der Waals surface area contributed by atoms with Crippen molar-refractivity contribution in [3.05, 3.63) is 77.6 Å². The molecule has 1 amide bonds. The van der Waals surface area contributed by atoms with E-state index in [4.69, 9.17) is 9.47 Å². The molecule has 0 radical (unpaired) electrons. The molecule has 1 N–H and O–H groups in total. The van der Waals surface area contributed by atoms with Crippen LogP contribution in [-0.2, 0) is 17.8 Å². The van der Waals surface area contributed by atoms with Crippen LogP contribution >= 0.6 is 0 Å². The zero-order valence-corrected chi connectivity index (χ0v) is 17.9. The van der Waals surface area contributed by atoms with Crippen molar-refractivity contribution in [2.45, 2.75) is 45.2 Å². The standard InChI is InChI=1S/C25H29N3O3/c1-2-30-20-11-13-21(14-12-20)31-16-15-25(29)27-23-9-6-10-24-22(23)17-26-28(24)18-19-7-4-3-5-8-19/h3-5,7-8,11-14,17,23H,2,6,9-10,15-16,18H2,1H3,(H,27,29)/t23-/m1/s1. The smallest absolute Gasteiger partial charge is 0.223 e. The molecule has 6 nitrogen and oxygen atoms in total. The Morgan fingerprint density at radius 1 is 1.10 bits per heavy atom. The maximum absolute atomic E-state index is 12.5. The van der Waals surface area contributed by atoms with Crippen LogP contribution in [0.2, 0.25) is 0 Å². The van der Waals surface area contributed by atoms with Crippen LogP contribution in [0.15, 0.2) is 60.8 Å². The van der Waals surface area contributed by atoms with Crippen LogP contribution < -0.4 is 14.8 Å². The summed E-state index contributed by atoms with van der Waals surface area (Å²) in [6.45, 7) is 3.68. The molecule has 0 bridgehead atoms. The summed E-state index contributed by atoms with van der Waals surface area (Å²) in [7, 11) is 0. The lowest BCUT2D eigenvalue weighted by Crippen LogP contribution is -2.31. The number of amides is 1. The van der Waals surface area contributed by atoms with E-state index in [1.807, 2.05) is 55.6 Å². The van der Waals surface area contributed by atoms with Gasteiger partial charge in [0.15, 0.2) is 0 Å². The first-order valence-electron chi connectivity index (χ1n) is 11.0. The molecule has 0 fully saturated rings. The van der Waals surface area contributed by atoms with Crippen molar-refractivity contribution in [3.8, 4) is 11.5 Å². The highest BCUT2D eigenvalue weighted by Gasteiger charge is 2.25. The van der Waals surface area contributed by atoms with Gasteiger partial charge in [0.25, 0.3) is 0 Å². The molecule has 1 aliphatic rings. The van der Waals surface area contributed by atoms with Crippen molar-refractivity contribution in [1.82, 2.24) is 15.1 Å². The minimum atomic E-state index is -0.000374. The van der Waals surface area contributed by atoms with Gasteiger partial charge in [-0.3, -0.25) is 9.48 Å². The van der Waals surface area contributed by atoms with E-state index >= 15 is 0 Å². The first-order chi connectivity index (χ1) is 15.2. The predicted octanol–water partition coefficient (Wildman–Crippen LogP) is 4.29. The molecule has 1 atom stereocenters. The van der Waals surface area contributed by atoms with Crippen molar-refractivity contribution < 1.29 is 14.3 Å². The van der Waals surface area contributed by atoms with Gasteiger partial charge in [0, 0.05) is 11.3 Å². The second-order valence-electron chi connectivity index (χ2n) is 7.71. The molecule has 1 heterocycles. The molecule has 0 aliphatic heterocycles. The van der Waals surface area contributed by atoms with E-state index < -0.39 is 0 Å². The van der Waals surface area contributed by atoms with E-state index in [0.717, 1.165) is 42.9 Å². The number of fused-ring (bicyclic) bond motifs is 1. The maximum Gasteiger partial charge on any atom is 0.223 e. The first-order valence-corrected chi connectivity index (χ1v) is 11.0. The Labute approximate surface area is 183 Å². The molecule has 1 aliphatic carbocycles. The Hall–Kier alpha value is -3.28. The molecular weight excluding hydrogens is 390 g/mol. The van der Waals surface area contributed by atoms with Crippen LogP contribution in [0.5, 0.6) is 11.5 Å². The Morgan fingerprint density at radius 3 is 2.58 bits per heavy atom. The topological polar surface area (TPSA) is 65.4 Å². The molecule has 2 aromatic carbocycles. The lowest BCUT2D eigenvalue weighted by atomic mass is 9.92. The third-order valence-electron chi connectivity index (χ3n) is 5.51. The summed E-state index contributed by atoms with van der Waals surface area (Å²) < 4.78 is 13.2. The minimum Gasteiger partial charge on any atom is -0.494 e. The third kappa shape index (κ3) is 5.45. The Kier molecular flexibility index (Phi) is 6.87. The minimum absolute atomic E-state index is 0.000374. The summed E-state index contributed by atoms with van der Waals surface area (Å²) in [5.74, 6) is 1.55. The number of aromatic nitrogens is 2. The predicted molar refractivity (Wildman–Crippen MR) is 119 cm³/mol. The van der Waals surface area contributed by atoms with Crippen LogP contribution in [-0.4, -0.2) is 28.9 Å². The number of benzene rings is 2. The van der Waals surface area contributed by atoms with Gasteiger partial charge in [-0.2, -0.15) is 5.10 Å². The average molecular weight is 420 g/mol. The lowest BCUT2D eigenvalue weighted by molar-refractivity contribution is -0.122. The zero-order valence-electron chi connectivity index (χ0n) is 17.9. The molecule has 0 unspecified atom stereocenters. The molecule has 0 saturated heterocycles. The van der Waals surface area contributed by atoms with Crippen molar-refractivity contribution >= 4 is 5.91 Å². The number of rotatable bonds is 9. The van der Waals surface area contributed by atoms with E-state index in [9.17, 15) is 4.79 Å². The van der Waals surface area contributed by atoms with Crippen LogP contribution in [0.25, 0.3) is 0 Å². The third-order valence-corrected chi connectivity index (χ3v) is 5.51. The quantitative estimate of drug-likeness (QED) is 0.562. The molecule has 0 spiro atoms. The number of carbonyl (C=O) groups excluding carboxylic acids is 1. The van der Waals surface area contributed by atoms with Crippen LogP contribution in [0.1, 0.15) is 49.0 Å². The molecular formula is C25H29N3O3. The average Bonchev–Trinajstić information content (AvgIpc) is 3.20. The van der Waals surface area contributed by atoms with E-state index in [1.54, 1.807) is 0 Å². The van der Waals surface area contributed by atoms with Gasteiger partial charge < -0.3 is 14.8 Å². The van der Waals surface area contributed by atoms with E-state index in [0.29, 0.717) is 19.6 Å².